The van der Waals surface area contributed by atoms with Crippen molar-refractivity contribution in [1.29, 1.82) is 0 Å². The van der Waals surface area contributed by atoms with Gasteiger partial charge in [0.05, 0.1) is 19.0 Å². The van der Waals surface area contributed by atoms with Gasteiger partial charge in [-0.15, -0.1) is 0 Å². The molecule has 0 aliphatic carbocycles. The zero-order valence-corrected chi connectivity index (χ0v) is 16.6. The third-order valence-corrected chi connectivity index (χ3v) is 6.28. The van der Waals surface area contributed by atoms with Crippen molar-refractivity contribution in [2.45, 2.75) is 6.92 Å². The molecule has 29 heavy (non-hydrogen) atoms. The van der Waals surface area contributed by atoms with E-state index < -0.39 is 32.9 Å². The van der Waals surface area contributed by atoms with Crippen molar-refractivity contribution in [1.82, 2.24) is 19.4 Å². The summed E-state index contributed by atoms with van der Waals surface area (Å²) in [7, 11) is -3.55. The minimum Gasteiger partial charge on any atom is -0.379 e. The number of aromatic nitrogens is 2. The van der Waals surface area contributed by atoms with Gasteiger partial charge in [-0.1, -0.05) is 12.1 Å². The van der Waals surface area contributed by atoms with Gasteiger partial charge in [-0.2, -0.15) is 9.40 Å². The van der Waals surface area contributed by atoms with Gasteiger partial charge in [0.2, 0.25) is 15.5 Å². The summed E-state index contributed by atoms with van der Waals surface area (Å²) in [5, 5.41) is 6.39. The Morgan fingerprint density at radius 1 is 1.28 bits per heavy atom. The van der Waals surface area contributed by atoms with Gasteiger partial charge in [-0.05, 0) is 19.1 Å². The molecular formula is C18H21FN4O5S. The molecule has 1 saturated heterocycles. The first-order valence-corrected chi connectivity index (χ1v) is 10.6. The molecule has 1 aromatic carbocycles. The van der Waals surface area contributed by atoms with Crippen LogP contribution in [-0.2, 0) is 14.8 Å². The number of hydrogen-bond acceptors (Lipinski definition) is 6. The zero-order chi connectivity index (χ0) is 21.0. The highest BCUT2D eigenvalue weighted by atomic mass is 32.2. The Morgan fingerprint density at radius 3 is 2.66 bits per heavy atom. The highest BCUT2D eigenvalue weighted by Gasteiger charge is 2.24. The number of halogens is 1. The number of nitrogens with zero attached hydrogens (tertiary/aromatic N) is 3. The molecule has 0 atom stereocenters. The quantitative estimate of drug-likeness (QED) is 0.703. The van der Waals surface area contributed by atoms with E-state index in [0.717, 1.165) is 4.68 Å². The topological polar surface area (TPSA) is 111 Å². The van der Waals surface area contributed by atoms with Crippen molar-refractivity contribution in [3.05, 3.63) is 57.8 Å². The number of amides is 1. The van der Waals surface area contributed by atoms with E-state index in [4.69, 9.17) is 4.74 Å². The molecule has 0 saturated carbocycles. The number of aryl methyl sites for hydroxylation is 1. The number of rotatable bonds is 6. The van der Waals surface area contributed by atoms with E-state index in [-0.39, 0.29) is 31.1 Å². The van der Waals surface area contributed by atoms with Gasteiger partial charge in [0.25, 0.3) is 5.91 Å². The maximum absolute atomic E-state index is 14.1. The molecule has 1 aromatic heterocycles. The van der Waals surface area contributed by atoms with Crippen LogP contribution in [-0.4, -0.2) is 67.0 Å². The predicted octanol–water partition coefficient (Wildman–Crippen LogP) is 0.0718. The first-order chi connectivity index (χ1) is 13.8. The van der Waals surface area contributed by atoms with Crippen LogP contribution in [0.15, 0.2) is 35.1 Å². The Balaban J connectivity index is 1.73. The number of para-hydroxylation sites is 1. The van der Waals surface area contributed by atoms with Crippen molar-refractivity contribution in [3.63, 3.8) is 0 Å². The molecule has 1 aliphatic rings. The van der Waals surface area contributed by atoms with Gasteiger partial charge in [0, 0.05) is 31.4 Å². The minimum absolute atomic E-state index is 0.0916. The third-order valence-electron chi connectivity index (χ3n) is 4.41. The first-order valence-electron chi connectivity index (χ1n) is 8.99. The Kier molecular flexibility index (Phi) is 6.40. The summed E-state index contributed by atoms with van der Waals surface area (Å²) < 4.78 is 46.2. The highest BCUT2D eigenvalue weighted by molar-refractivity contribution is 7.89. The fourth-order valence-corrected chi connectivity index (χ4v) is 4.23. The van der Waals surface area contributed by atoms with Crippen molar-refractivity contribution < 1.29 is 22.3 Å². The lowest BCUT2D eigenvalue weighted by Crippen LogP contribution is -2.44. The SMILES string of the molecule is Cc1cc(=O)c(C(=O)NCCS(=O)(=O)N2CCOCC2)nn1-c1ccccc1F. The van der Waals surface area contributed by atoms with Gasteiger partial charge in [0.1, 0.15) is 11.5 Å². The highest BCUT2D eigenvalue weighted by Crippen LogP contribution is 2.13. The van der Waals surface area contributed by atoms with Crippen LogP contribution in [0.4, 0.5) is 4.39 Å². The monoisotopic (exact) mass is 424 g/mol. The number of carbonyl (C=O) groups excluding carboxylic acids is 1. The average molecular weight is 424 g/mol. The second-order valence-electron chi connectivity index (χ2n) is 6.45. The Hall–Kier alpha value is -2.63. The van der Waals surface area contributed by atoms with E-state index in [2.05, 4.69) is 10.4 Å². The average Bonchev–Trinajstić information content (AvgIpc) is 2.69. The molecule has 1 N–H and O–H groups in total. The first kappa shape index (κ1) is 21.1. The number of hydrogen-bond donors (Lipinski definition) is 1. The number of benzene rings is 1. The molecule has 156 valence electrons. The summed E-state index contributed by atoms with van der Waals surface area (Å²) >= 11 is 0. The van der Waals surface area contributed by atoms with Crippen LogP contribution in [0.2, 0.25) is 0 Å². The molecule has 1 aliphatic heterocycles. The largest absolute Gasteiger partial charge is 0.379 e. The maximum Gasteiger partial charge on any atom is 0.275 e. The molecular weight excluding hydrogens is 403 g/mol. The molecule has 2 heterocycles. The molecule has 3 rings (SSSR count). The van der Waals surface area contributed by atoms with Crippen LogP contribution in [0.1, 0.15) is 16.2 Å². The molecule has 2 aromatic rings. The molecule has 11 heteroatoms. The molecule has 1 amide bonds. The normalized spacial score (nSPS) is 15.2. The van der Waals surface area contributed by atoms with Crippen LogP contribution in [0.3, 0.4) is 0 Å². The molecule has 0 bridgehead atoms. The van der Waals surface area contributed by atoms with E-state index in [9.17, 15) is 22.4 Å². The van der Waals surface area contributed by atoms with Crippen molar-refractivity contribution in [2.24, 2.45) is 0 Å². The summed E-state index contributed by atoms with van der Waals surface area (Å²) in [6.45, 7) is 2.57. The molecule has 9 nitrogen and oxygen atoms in total. The molecule has 0 spiro atoms. The smallest absolute Gasteiger partial charge is 0.275 e. The summed E-state index contributed by atoms with van der Waals surface area (Å²) in [4.78, 5) is 24.6. The number of sulfonamides is 1. The lowest BCUT2D eigenvalue weighted by Gasteiger charge is -2.26. The number of nitrogens with one attached hydrogen (secondary N) is 1. The van der Waals surface area contributed by atoms with Crippen LogP contribution in [0.5, 0.6) is 0 Å². The van der Waals surface area contributed by atoms with E-state index in [1.54, 1.807) is 13.0 Å². The number of morpholine rings is 1. The second kappa shape index (κ2) is 8.80. The Morgan fingerprint density at radius 2 is 1.97 bits per heavy atom. The van der Waals surface area contributed by atoms with Crippen molar-refractivity contribution in [2.75, 3.05) is 38.6 Å². The van der Waals surface area contributed by atoms with Crippen LogP contribution in [0.25, 0.3) is 5.69 Å². The Labute approximate surface area is 167 Å². The second-order valence-corrected chi connectivity index (χ2v) is 8.53. The Bertz CT molecular complexity index is 1060. The van der Waals surface area contributed by atoms with Gasteiger partial charge >= 0.3 is 0 Å². The summed E-state index contributed by atoms with van der Waals surface area (Å²) in [6, 6.07) is 7.01. The van der Waals surface area contributed by atoms with E-state index >= 15 is 0 Å². The molecule has 1 fully saturated rings. The third kappa shape index (κ3) is 4.86. The molecule has 0 radical (unpaired) electrons. The maximum atomic E-state index is 14.1. The number of ether oxygens (including phenoxy) is 1. The summed E-state index contributed by atoms with van der Waals surface area (Å²) in [5.74, 6) is -1.70. The summed E-state index contributed by atoms with van der Waals surface area (Å²) in [6.07, 6.45) is 0. The predicted molar refractivity (Wildman–Crippen MR) is 103 cm³/mol. The van der Waals surface area contributed by atoms with Crippen LogP contribution >= 0.6 is 0 Å². The van der Waals surface area contributed by atoms with Gasteiger partial charge in [-0.3, -0.25) is 9.59 Å². The number of carbonyl (C=O) groups is 1. The van der Waals surface area contributed by atoms with Crippen molar-refractivity contribution >= 4 is 15.9 Å². The van der Waals surface area contributed by atoms with Gasteiger partial charge in [-0.25, -0.2) is 17.5 Å². The fraction of sp³-hybridized carbons (Fsp3) is 0.389. The van der Waals surface area contributed by atoms with Crippen LogP contribution < -0.4 is 10.7 Å². The lowest BCUT2D eigenvalue weighted by atomic mass is 10.2. The lowest BCUT2D eigenvalue weighted by molar-refractivity contribution is 0.0730. The minimum atomic E-state index is -3.55. The standard InChI is InChI=1S/C18H21FN4O5S/c1-13-12-16(24)17(21-23(13)15-5-3-2-4-14(15)19)18(25)20-6-11-29(26,27)22-7-9-28-10-8-22/h2-5,12H,6-11H2,1H3,(H,20,25). The zero-order valence-electron chi connectivity index (χ0n) is 15.8. The summed E-state index contributed by atoms with van der Waals surface area (Å²) in [5.41, 5.74) is -0.633. The van der Waals surface area contributed by atoms with E-state index in [1.165, 1.54) is 28.6 Å². The van der Waals surface area contributed by atoms with E-state index in [1.807, 2.05) is 0 Å². The fourth-order valence-electron chi connectivity index (χ4n) is 2.90. The van der Waals surface area contributed by atoms with Gasteiger partial charge < -0.3 is 10.1 Å². The van der Waals surface area contributed by atoms with Crippen LogP contribution in [0, 0.1) is 12.7 Å². The van der Waals surface area contributed by atoms with Gasteiger partial charge in [0.15, 0.2) is 5.69 Å². The van der Waals surface area contributed by atoms with E-state index in [0.29, 0.717) is 18.9 Å². The molecule has 0 unspecified atom stereocenters. The van der Waals surface area contributed by atoms with Crippen molar-refractivity contribution in [3.8, 4) is 5.69 Å².